The molecule has 1 N–H and O–H groups in total. The van der Waals surface area contributed by atoms with Gasteiger partial charge in [0.15, 0.2) is 0 Å². The van der Waals surface area contributed by atoms with E-state index in [2.05, 4.69) is 0 Å². The first-order chi connectivity index (χ1) is 7.77. The molecule has 1 atom stereocenters. The van der Waals surface area contributed by atoms with Gasteiger partial charge in [-0.1, -0.05) is 24.3 Å². The Hall–Kier alpha value is -1.19. The average Bonchev–Trinajstić information content (AvgIpc) is 2.79. The molecule has 0 aliphatic heterocycles. The fraction of sp³-hybridized carbons (Fsp3) is 0.231. The number of aryl methyl sites for hydroxylation is 1. The molecule has 1 nitrogen and oxygen atoms in total. The third kappa shape index (κ3) is 2.68. The van der Waals surface area contributed by atoms with E-state index in [1.54, 1.807) is 29.5 Å². The van der Waals surface area contributed by atoms with Crippen molar-refractivity contribution in [3.63, 3.8) is 0 Å². The number of aliphatic hydroxyl groups is 1. The normalized spacial score (nSPS) is 12.6. The van der Waals surface area contributed by atoms with Crippen LogP contribution in [0, 0.1) is 5.82 Å². The van der Waals surface area contributed by atoms with Gasteiger partial charge in [-0.2, -0.15) is 0 Å². The predicted octanol–water partition coefficient (Wildman–Crippen LogP) is 3.55. The van der Waals surface area contributed by atoms with Crippen LogP contribution in [0.4, 0.5) is 4.39 Å². The number of halogens is 1. The first-order valence-electron chi connectivity index (χ1n) is 5.22. The summed E-state index contributed by atoms with van der Waals surface area (Å²) < 4.78 is 13.3. The highest BCUT2D eigenvalue weighted by molar-refractivity contribution is 7.09. The standard InChI is InChI=1S/C13H13FOS/c14-12-6-2-1-5-11(12)13(15)8-7-10-4-3-9-16-10/h1-6,9,13,15H,7-8H2. The lowest BCUT2D eigenvalue weighted by Gasteiger charge is -2.10. The second-order valence-electron chi connectivity index (χ2n) is 3.66. The van der Waals surface area contributed by atoms with Crippen molar-refractivity contribution in [3.8, 4) is 0 Å². The van der Waals surface area contributed by atoms with Crippen LogP contribution >= 0.6 is 11.3 Å². The molecule has 2 rings (SSSR count). The van der Waals surface area contributed by atoms with Crippen LogP contribution in [0.25, 0.3) is 0 Å². The zero-order valence-corrected chi connectivity index (χ0v) is 9.58. The number of benzene rings is 1. The van der Waals surface area contributed by atoms with Crippen molar-refractivity contribution in [2.75, 3.05) is 0 Å². The highest BCUT2D eigenvalue weighted by Gasteiger charge is 2.11. The summed E-state index contributed by atoms with van der Waals surface area (Å²) in [5.74, 6) is -0.332. The van der Waals surface area contributed by atoms with Gasteiger partial charge < -0.3 is 5.11 Å². The molecule has 1 unspecified atom stereocenters. The van der Waals surface area contributed by atoms with Gasteiger partial charge in [0.1, 0.15) is 5.82 Å². The molecular formula is C13H13FOS. The van der Waals surface area contributed by atoms with Crippen molar-refractivity contribution in [3.05, 3.63) is 58.0 Å². The summed E-state index contributed by atoms with van der Waals surface area (Å²) >= 11 is 1.66. The molecule has 2 aromatic rings. The molecule has 1 aromatic heterocycles. The number of rotatable bonds is 4. The Morgan fingerprint density at radius 2 is 2.00 bits per heavy atom. The molecule has 0 bridgehead atoms. The maximum Gasteiger partial charge on any atom is 0.128 e. The molecule has 16 heavy (non-hydrogen) atoms. The fourth-order valence-corrected chi connectivity index (χ4v) is 2.36. The van der Waals surface area contributed by atoms with Crippen molar-refractivity contribution in [1.29, 1.82) is 0 Å². The van der Waals surface area contributed by atoms with Gasteiger partial charge in [0, 0.05) is 10.4 Å². The van der Waals surface area contributed by atoms with Crippen LogP contribution in [0.1, 0.15) is 23.0 Å². The minimum Gasteiger partial charge on any atom is -0.388 e. The van der Waals surface area contributed by atoms with E-state index in [9.17, 15) is 9.50 Å². The summed E-state index contributed by atoms with van der Waals surface area (Å²) in [6.07, 6.45) is 0.623. The smallest absolute Gasteiger partial charge is 0.128 e. The Kier molecular flexibility index (Phi) is 3.70. The molecule has 0 saturated heterocycles. The molecule has 0 aliphatic rings. The van der Waals surface area contributed by atoms with Crippen LogP contribution in [0.5, 0.6) is 0 Å². The van der Waals surface area contributed by atoms with Crippen molar-refractivity contribution < 1.29 is 9.50 Å². The van der Waals surface area contributed by atoms with Gasteiger partial charge >= 0.3 is 0 Å². The SMILES string of the molecule is OC(CCc1cccs1)c1ccccc1F. The van der Waals surface area contributed by atoms with Crippen LogP contribution < -0.4 is 0 Å². The summed E-state index contributed by atoms with van der Waals surface area (Å²) in [6, 6.07) is 10.4. The van der Waals surface area contributed by atoms with E-state index in [1.165, 1.54) is 10.9 Å². The lowest BCUT2D eigenvalue weighted by molar-refractivity contribution is 0.163. The van der Waals surface area contributed by atoms with E-state index in [-0.39, 0.29) is 5.82 Å². The maximum atomic E-state index is 13.3. The summed E-state index contributed by atoms with van der Waals surface area (Å²) in [4.78, 5) is 1.22. The van der Waals surface area contributed by atoms with Crippen LogP contribution in [0.2, 0.25) is 0 Å². The molecule has 0 amide bonds. The van der Waals surface area contributed by atoms with E-state index in [0.717, 1.165) is 6.42 Å². The first-order valence-corrected chi connectivity index (χ1v) is 6.10. The van der Waals surface area contributed by atoms with Gasteiger partial charge in [0.05, 0.1) is 6.10 Å². The maximum absolute atomic E-state index is 13.3. The summed E-state index contributed by atoms with van der Waals surface area (Å²) in [7, 11) is 0. The first kappa shape index (κ1) is 11.3. The zero-order valence-electron chi connectivity index (χ0n) is 8.77. The molecule has 1 aromatic carbocycles. The van der Waals surface area contributed by atoms with E-state index in [0.29, 0.717) is 12.0 Å². The van der Waals surface area contributed by atoms with E-state index < -0.39 is 6.10 Å². The van der Waals surface area contributed by atoms with Crippen LogP contribution in [-0.2, 0) is 6.42 Å². The topological polar surface area (TPSA) is 20.2 Å². The van der Waals surface area contributed by atoms with Gasteiger partial charge in [0.25, 0.3) is 0 Å². The van der Waals surface area contributed by atoms with Gasteiger partial charge in [-0.3, -0.25) is 0 Å². The van der Waals surface area contributed by atoms with E-state index in [1.807, 2.05) is 17.5 Å². The monoisotopic (exact) mass is 236 g/mol. The average molecular weight is 236 g/mol. The Morgan fingerprint density at radius 3 is 2.69 bits per heavy atom. The number of aliphatic hydroxyl groups excluding tert-OH is 1. The lowest BCUT2D eigenvalue weighted by atomic mass is 10.0. The van der Waals surface area contributed by atoms with Crippen molar-refractivity contribution in [2.24, 2.45) is 0 Å². The third-order valence-corrected chi connectivity index (χ3v) is 3.44. The molecule has 84 valence electrons. The van der Waals surface area contributed by atoms with E-state index >= 15 is 0 Å². The molecule has 3 heteroatoms. The molecular weight excluding hydrogens is 223 g/mol. The van der Waals surface area contributed by atoms with Gasteiger partial charge in [0.2, 0.25) is 0 Å². The lowest BCUT2D eigenvalue weighted by Crippen LogP contribution is -2.01. The zero-order chi connectivity index (χ0) is 11.4. The molecule has 0 spiro atoms. The largest absolute Gasteiger partial charge is 0.388 e. The molecule has 0 fully saturated rings. The molecule has 0 aliphatic carbocycles. The highest BCUT2D eigenvalue weighted by atomic mass is 32.1. The van der Waals surface area contributed by atoms with Gasteiger partial charge in [-0.15, -0.1) is 11.3 Å². The Labute approximate surface area is 98.2 Å². The second kappa shape index (κ2) is 5.23. The molecule has 0 saturated carbocycles. The van der Waals surface area contributed by atoms with Crippen LogP contribution in [0.3, 0.4) is 0 Å². The summed E-state index contributed by atoms with van der Waals surface area (Å²) in [6.45, 7) is 0. The third-order valence-electron chi connectivity index (χ3n) is 2.51. The van der Waals surface area contributed by atoms with Crippen LogP contribution in [0.15, 0.2) is 41.8 Å². The minimum absolute atomic E-state index is 0.332. The second-order valence-corrected chi connectivity index (χ2v) is 4.69. The van der Waals surface area contributed by atoms with Crippen molar-refractivity contribution >= 4 is 11.3 Å². The number of thiophene rings is 1. The van der Waals surface area contributed by atoms with Crippen molar-refractivity contribution in [1.82, 2.24) is 0 Å². The molecule has 1 heterocycles. The van der Waals surface area contributed by atoms with Gasteiger partial charge in [-0.05, 0) is 30.4 Å². The van der Waals surface area contributed by atoms with E-state index in [4.69, 9.17) is 0 Å². The minimum atomic E-state index is -0.719. The number of hydrogen-bond donors (Lipinski definition) is 1. The Balaban J connectivity index is 1.98. The van der Waals surface area contributed by atoms with Crippen molar-refractivity contribution in [2.45, 2.75) is 18.9 Å². The number of hydrogen-bond acceptors (Lipinski definition) is 2. The summed E-state index contributed by atoms with van der Waals surface area (Å²) in [5, 5.41) is 11.9. The highest BCUT2D eigenvalue weighted by Crippen LogP contribution is 2.22. The van der Waals surface area contributed by atoms with Crippen LogP contribution in [-0.4, -0.2) is 5.11 Å². The quantitative estimate of drug-likeness (QED) is 0.860. The fourth-order valence-electron chi connectivity index (χ4n) is 1.63. The Morgan fingerprint density at radius 1 is 1.19 bits per heavy atom. The predicted molar refractivity (Wildman–Crippen MR) is 64.0 cm³/mol. The Bertz CT molecular complexity index is 439. The van der Waals surface area contributed by atoms with Gasteiger partial charge in [-0.25, -0.2) is 4.39 Å². The summed E-state index contributed by atoms with van der Waals surface area (Å²) in [5.41, 5.74) is 0.388. The molecule has 0 radical (unpaired) electrons.